The highest BCUT2D eigenvalue weighted by Crippen LogP contribution is 2.24. The van der Waals surface area contributed by atoms with Crippen molar-refractivity contribution in [2.75, 3.05) is 18.5 Å². The molecule has 5 nitrogen and oxygen atoms in total. The van der Waals surface area contributed by atoms with Crippen molar-refractivity contribution in [3.8, 4) is 0 Å². The van der Waals surface area contributed by atoms with Gasteiger partial charge in [-0.2, -0.15) is 0 Å². The number of hydrogen-bond donors (Lipinski definition) is 2. The molecular weight excluding hydrogens is 232 g/mol. The Bertz CT molecular complexity index is 428. The molecule has 0 amide bonds. The van der Waals surface area contributed by atoms with E-state index in [2.05, 4.69) is 5.32 Å². The third kappa shape index (κ3) is 3.43. The fraction of sp³-hybridized carbons (Fsp3) is 0.538. The zero-order valence-corrected chi connectivity index (χ0v) is 11.1. The van der Waals surface area contributed by atoms with Gasteiger partial charge >= 0.3 is 0 Å². The van der Waals surface area contributed by atoms with Crippen LogP contribution in [0.15, 0.2) is 18.2 Å². The quantitative estimate of drug-likeness (QED) is 0.603. The van der Waals surface area contributed by atoms with Crippen LogP contribution >= 0.6 is 0 Å². The number of anilines is 1. The van der Waals surface area contributed by atoms with Gasteiger partial charge in [0.15, 0.2) is 0 Å². The fourth-order valence-electron chi connectivity index (χ4n) is 1.56. The zero-order chi connectivity index (χ0) is 13.8. The van der Waals surface area contributed by atoms with E-state index in [0.29, 0.717) is 6.54 Å². The van der Waals surface area contributed by atoms with Gasteiger partial charge in [-0.1, -0.05) is 13.8 Å². The van der Waals surface area contributed by atoms with Crippen LogP contribution in [-0.2, 0) is 0 Å². The largest absolute Gasteiger partial charge is 0.396 e. The van der Waals surface area contributed by atoms with E-state index in [1.54, 1.807) is 12.1 Å². The summed E-state index contributed by atoms with van der Waals surface area (Å²) >= 11 is 0. The van der Waals surface area contributed by atoms with Crippen LogP contribution in [0, 0.1) is 22.5 Å². The lowest BCUT2D eigenvalue weighted by atomic mass is 9.88. The Morgan fingerprint density at radius 3 is 2.61 bits per heavy atom. The molecular formula is C13H20N2O3. The first-order valence-corrected chi connectivity index (χ1v) is 6.01. The van der Waals surface area contributed by atoms with E-state index in [1.165, 1.54) is 6.07 Å². The molecule has 0 fully saturated rings. The lowest BCUT2D eigenvalue weighted by Gasteiger charge is -2.26. The minimum Gasteiger partial charge on any atom is -0.396 e. The van der Waals surface area contributed by atoms with Crippen LogP contribution in [0.5, 0.6) is 0 Å². The van der Waals surface area contributed by atoms with Crippen molar-refractivity contribution in [3.63, 3.8) is 0 Å². The summed E-state index contributed by atoms with van der Waals surface area (Å²) in [5.74, 6) is 0. The lowest BCUT2D eigenvalue weighted by Crippen LogP contribution is -2.29. The molecule has 0 heterocycles. The van der Waals surface area contributed by atoms with Crippen molar-refractivity contribution in [1.29, 1.82) is 0 Å². The summed E-state index contributed by atoms with van der Waals surface area (Å²) in [6, 6.07) is 4.74. The van der Waals surface area contributed by atoms with Crippen LogP contribution in [0.3, 0.4) is 0 Å². The number of aryl methyl sites for hydroxylation is 1. The molecule has 1 rings (SSSR count). The molecule has 1 atom stereocenters. The maximum Gasteiger partial charge on any atom is 0.269 e. The lowest BCUT2D eigenvalue weighted by molar-refractivity contribution is -0.384. The molecule has 18 heavy (non-hydrogen) atoms. The van der Waals surface area contributed by atoms with Gasteiger partial charge < -0.3 is 10.4 Å². The number of hydrogen-bond acceptors (Lipinski definition) is 4. The summed E-state index contributed by atoms with van der Waals surface area (Å²) in [5, 5.41) is 23.2. The predicted octanol–water partition coefficient (Wildman–Crippen LogP) is 2.72. The highest BCUT2D eigenvalue weighted by Gasteiger charge is 2.21. The molecule has 5 heteroatoms. The second kappa shape index (κ2) is 5.82. The maximum absolute atomic E-state index is 10.6. The Hall–Kier alpha value is -1.62. The third-order valence-corrected chi connectivity index (χ3v) is 3.36. The van der Waals surface area contributed by atoms with Gasteiger partial charge in [-0.3, -0.25) is 10.1 Å². The van der Waals surface area contributed by atoms with Crippen LogP contribution in [0.25, 0.3) is 0 Å². The van der Waals surface area contributed by atoms with E-state index >= 15 is 0 Å². The van der Waals surface area contributed by atoms with Crippen molar-refractivity contribution >= 4 is 11.4 Å². The number of aliphatic hydroxyl groups excluding tert-OH is 1. The molecule has 0 saturated carbocycles. The van der Waals surface area contributed by atoms with Crippen LogP contribution in [-0.4, -0.2) is 23.2 Å². The van der Waals surface area contributed by atoms with Crippen molar-refractivity contribution in [3.05, 3.63) is 33.9 Å². The maximum atomic E-state index is 10.6. The summed E-state index contributed by atoms with van der Waals surface area (Å²) in [6.07, 6.45) is 0.864. The van der Waals surface area contributed by atoms with E-state index in [-0.39, 0.29) is 17.7 Å². The van der Waals surface area contributed by atoms with Crippen LogP contribution in [0.1, 0.15) is 25.8 Å². The predicted molar refractivity (Wildman–Crippen MR) is 71.8 cm³/mol. The number of benzene rings is 1. The van der Waals surface area contributed by atoms with Crippen molar-refractivity contribution in [2.45, 2.75) is 27.2 Å². The topological polar surface area (TPSA) is 75.4 Å². The SMILES string of the molecule is CCC(C)(CO)CNc1ccc([N+](=O)[O-])cc1C. The van der Waals surface area contributed by atoms with Crippen molar-refractivity contribution in [1.82, 2.24) is 0 Å². The molecule has 0 saturated heterocycles. The Morgan fingerprint density at radius 1 is 1.50 bits per heavy atom. The molecule has 0 spiro atoms. The van der Waals surface area contributed by atoms with Gasteiger partial charge in [0.25, 0.3) is 5.69 Å². The summed E-state index contributed by atoms with van der Waals surface area (Å²) < 4.78 is 0. The highest BCUT2D eigenvalue weighted by molar-refractivity contribution is 5.55. The first-order valence-electron chi connectivity index (χ1n) is 6.01. The van der Waals surface area contributed by atoms with Gasteiger partial charge in [0.05, 0.1) is 11.5 Å². The fourth-order valence-corrected chi connectivity index (χ4v) is 1.56. The molecule has 0 aliphatic carbocycles. The average Bonchev–Trinajstić information content (AvgIpc) is 2.36. The molecule has 1 unspecified atom stereocenters. The Labute approximate surface area is 107 Å². The van der Waals surface area contributed by atoms with E-state index in [9.17, 15) is 15.2 Å². The first kappa shape index (κ1) is 14.4. The third-order valence-electron chi connectivity index (χ3n) is 3.36. The van der Waals surface area contributed by atoms with E-state index in [0.717, 1.165) is 17.7 Å². The minimum atomic E-state index is -0.402. The first-order chi connectivity index (χ1) is 8.41. The average molecular weight is 252 g/mol. The van der Waals surface area contributed by atoms with Gasteiger partial charge in [0.2, 0.25) is 0 Å². The Balaban J connectivity index is 2.77. The number of nitrogens with one attached hydrogen (secondary N) is 1. The molecule has 100 valence electrons. The summed E-state index contributed by atoms with van der Waals surface area (Å²) in [7, 11) is 0. The monoisotopic (exact) mass is 252 g/mol. The van der Waals surface area contributed by atoms with Gasteiger partial charge in [-0.15, -0.1) is 0 Å². The standard InChI is InChI=1S/C13H20N2O3/c1-4-13(3,9-16)8-14-12-6-5-11(15(17)18)7-10(12)2/h5-7,14,16H,4,8-9H2,1-3H3. The number of nitrogens with zero attached hydrogens (tertiary/aromatic N) is 1. The van der Waals surface area contributed by atoms with Gasteiger partial charge in [-0.05, 0) is 25.0 Å². The van der Waals surface area contributed by atoms with E-state index in [1.807, 2.05) is 20.8 Å². The van der Waals surface area contributed by atoms with E-state index < -0.39 is 4.92 Å². The van der Waals surface area contributed by atoms with Crippen LogP contribution in [0.2, 0.25) is 0 Å². The minimum absolute atomic E-state index is 0.0958. The second-order valence-corrected chi connectivity index (χ2v) is 4.93. The van der Waals surface area contributed by atoms with Crippen molar-refractivity contribution in [2.24, 2.45) is 5.41 Å². The summed E-state index contributed by atoms with van der Waals surface area (Å²) in [6.45, 7) is 6.61. The van der Waals surface area contributed by atoms with Gasteiger partial charge in [0.1, 0.15) is 0 Å². The second-order valence-electron chi connectivity index (χ2n) is 4.93. The molecule has 1 aromatic carbocycles. The Kier molecular flexibility index (Phi) is 4.67. The highest BCUT2D eigenvalue weighted by atomic mass is 16.6. The van der Waals surface area contributed by atoms with E-state index in [4.69, 9.17) is 0 Å². The number of nitro benzene ring substituents is 1. The molecule has 0 aromatic heterocycles. The van der Waals surface area contributed by atoms with Crippen LogP contribution < -0.4 is 5.32 Å². The molecule has 0 bridgehead atoms. The molecule has 1 aromatic rings. The van der Waals surface area contributed by atoms with Crippen LogP contribution in [0.4, 0.5) is 11.4 Å². The molecule has 0 radical (unpaired) electrons. The van der Waals surface area contributed by atoms with Crippen molar-refractivity contribution < 1.29 is 10.0 Å². The number of aliphatic hydroxyl groups is 1. The normalized spacial score (nSPS) is 14.0. The number of nitro groups is 1. The van der Waals surface area contributed by atoms with Gasteiger partial charge in [0, 0.05) is 29.8 Å². The Morgan fingerprint density at radius 2 is 2.17 bits per heavy atom. The number of rotatable bonds is 6. The summed E-state index contributed by atoms with van der Waals surface area (Å²) in [5.41, 5.74) is 1.63. The molecule has 0 aliphatic rings. The number of non-ortho nitro benzene ring substituents is 1. The summed E-state index contributed by atoms with van der Waals surface area (Å²) in [4.78, 5) is 10.2. The van der Waals surface area contributed by atoms with Gasteiger partial charge in [-0.25, -0.2) is 0 Å². The molecule has 0 aliphatic heterocycles. The molecule has 2 N–H and O–H groups in total. The smallest absolute Gasteiger partial charge is 0.269 e. The zero-order valence-electron chi connectivity index (χ0n) is 11.1.